The van der Waals surface area contributed by atoms with Gasteiger partial charge >= 0.3 is 17.9 Å². The molecule has 0 heterocycles. The van der Waals surface area contributed by atoms with Gasteiger partial charge in [-0.2, -0.15) is 0 Å². The first-order valence-electron chi connectivity index (χ1n) is 26.2. The Kier molecular flexibility index (Phi) is 44.7. The molecule has 1 atom stereocenters. The molecule has 0 amide bonds. The number of ether oxygens (including phenoxy) is 3. The molecule has 0 spiro atoms. The number of hydrogen-bond acceptors (Lipinski definition) is 6. The molecule has 0 unspecified atom stereocenters. The van der Waals surface area contributed by atoms with Gasteiger partial charge in [0.2, 0.25) is 0 Å². The summed E-state index contributed by atoms with van der Waals surface area (Å²) in [6.45, 7) is 11.3. The third kappa shape index (κ3) is 47.3. The Labute approximate surface area is 368 Å². The fraction of sp³-hybridized carbons (Fsp3) is 0.943. The molecule has 0 rings (SSSR count). The van der Waals surface area contributed by atoms with Crippen molar-refractivity contribution in [2.75, 3.05) is 13.2 Å². The molecule has 6 heteroatoms. The van der Waals surface area contributed by atoms with Crippen LogP contribution in [0.5, 0.6) is 0 Å². The van der Waals surface area contributed by atoms with E-state index in [0.717, 1.165) is 76.0 Å². The van der Waals surface area contributed by atoms with Crippen molar-refractivity contribution in [2.45, 2.75) is 298 Å². The van der Waals surface area contributed by atoms with Crippen LogP contribution in [0, 0.1) is 11.8 Å². The molecule has 0 aromatic rings. The minimum Gasteiger partial charge on any atom is -0.462 e. The van der Waals surface area contributed by atoms with Gasteiger partial charge in [-0.15, -0.1) is 0 Å². The molecule has 0 aliphatic heterocycles. The Morgan fingerprint density at radius 3 is 0.831 bits per heavy atom. The average Bonchev–Trinajstić information content (AvgIpc) is 3.20. The fourth-order valence-corrected chi connectivity index (χ4v) is 7.99. The van der Waals surface area contributed by atoms with Crippen LogP contribution in [0.3, 0.4) is 0 Å². The highest BCUT2D eigenvalue weighted by Gasteiger charge is 2.19. The van der Waals surface area contributed by atoms with E-state index in [1.165, 1.54) is 173 Å². The van der Waals surface area contributed by atoms with E-state index in [1.807, 2.05) is 0 Å². The molecule has 0 aliphatic rings. The molecule has 0 fully saturated rings. The van der Waals surface area contributed by atoms with Crippen LogP contribution in [-0.2, 0) is 28.6 Å². The summed E-state index contributed by atoms with van der Waals surface area (Å²) in [7, 11) is 0. The van der Waals surface area contributed by atoms with Gasteiger partial charge in [-0.3, -0.25) is 14.4 Å². The summed E-state index contributed by atoms with van der Waals surface area (Å²) < 4.78 is 16.7. The van der Waals surface area contributed by atoms with Gasteiger partial charge < -0.3 is 14.2 Å². The summed E-state index contributed by atoms with van der Waals surface area (Å²) in [6, 6.07) is 0. The molecular formula is C53H102O6. The first kappa shape index (κ1) is 57.4. The largest absolute Gasteiger partial charge is 0.462 e. The highest BCUT2D eigenvalue weighted by atomic mass is 16.6. The van der Waals surface area contributed by atoms with Gasteiger partial charge in [0.05, 0.1) is 0 Å². The molecule has 350 valence electrons. The quantitative estimate of drug-likeness (QED) is 0.0345. The van der Waals surface area contributed by atoms with Crippen molar-refractivity contribution in [3.63, 3.8) is 0 Å². The molecule has 0 saturated carbocycles. The zero-order valence-electron chi connectivity index (χ0n) is 40.4. The van der Waals surface area contributed by atoms with E-state index in [1.54, 1.807) is 0 Å². The van der Waals surface area contributed by atoms with Crippen LogP contribution in [-0.4, -0.2) is 37.2 Å². The lowest BCUT2D eigenvalue weighted by Crippen LogP contribution is -2.30. The van der Waals surface area contributed by atoms with Gasteiger partial charge in [0.25, 0.3) is 0 Å². The predicted molar refractivity (Wildman–Crippen MR) is 252 cm³/mol. The van der Waals surface area contributed by atoms with Crippen LogP contribution in [0.15, 0.2) is 0 Å². The van der Waals surface area contributed by atoms with E-state index >= 15 is 0 Å². The van der Waals surface area contributed by atoms with Crippen LogP contribution in [0.25, 0.3) is 0 Å². The maximum atomic E-state index is 12.7. The van der Waals surface area contributed by atoms with Crippen LogP contribution in [0.1, 0.15) is 291 Å². The molecule has 6 nitrogen and oxygen atoms in total. The number of carbonyl (C=O) groups is 3. The topological polar surface area (TPSA) is 78.9 Å². The van der Waals surface area contributed by atoms with Crippen molar-refractivity contribution in [3.05, 3.63) is 0 Å². The number of rotatable bonds is 47. The molecule has 0 aromatic carbocycles. The Hall–Kier alpha value is -1.59. The minimum absolute atomic E-state index is 0.0644. The third-order valence-corrected chi connectivity index (χ3v) is 12.0. The summed E-state index contributed by atoms with van der Waals surface area (Å²) >= 11 is 0. The number of unbranched alkanes of at least 4 members (excludes halogenated alkanes) is 32. The fourth-order valence-electron chi connectivity index (χ4n) is 7.99. The molecule has 0 N–H and O–H groups in total. The van der Waals surface area contributed by atoms with Crippen LogP contribution >= 0.6 is 0 Å². The van der Waals surface area contributed by atoms with Gasteiger partial charge in [0.15, 0.2) is 6.10 Å². The van der Waals surface area contributed by atoms with Crippen molar-refractivity contribution in [3.8, 4) is 0 Å². The lowest BCUT2D eigenvalue weighted by molar-refractivity contribution is -0.167. The van der Waals surface area contributed by atoms with Crippen molar-refractivity contribution < 1.29 is 28.6 Å². The van der Waals surface area contributed by atoms with Gasteiger partial charge in [-0.1, -0.05) is 253 Å². The zero-order chi connectivity index (χ0) is 43.3. The zero-order valence-corrected chi connectivity index (χ0v) is 40.4. The van der Waals surface area contributed by atoms with Crippen LogP contribution in [0.2, 0.25) is 0 Å². The second-order valence-corrected chi connectivity index (χ2v) is 19.1. The van der Waals surface area contributed by atoms with Crippen molar-refractivity contribution in [1.29, 1.82) is 0 Å². The minimum atomic E-state index is -0.759. The van der Waals surface area contributed by atoms with Gasteiger partial charge in [0, 0.05) is 19.3 Å². The van der Waals surface area contributed by atoms with E-state index in [9.17, 15) is 14.4 Å². The number of carbonyl (C=O) groups excluding carboxylic acids is 3. The van der Waals surface area contributed by atoms with Crippen LogP contribution in [0.4, 0.5) is 0 Å². The number of hydrogen-bond donors (Lipinski definition) is 0. The van der Waals surface area contributed by atoms with E-state index in [0.29, 0.717) is 19.3 Å². The van der Waals surface area contributed by atoms with Gasteiger partial charge in [-0.25, -0.2) is 0 Å². The summed E-state index contributed by atoms with van der Waals surface area (Å²) in [5, 5.41) is 0. The summed E-state index contributed by atoms with van der Waals surface area (Å²) in [4.78, 5) is 37.7. The molecule has 0 bridgehead atoms. The highest BCUT2D eigenvalue weighted by molar-refractivity contribution is 5.71. The summed E-state index contributed by atoms with van der Waals surface area (Å²) in [5.41, 5.74) is 0. The molecule has 0 aliphatic carbocycles. The lowest BCUT2D eigenvalue weighted by Gasteiger charge is -2.18. The second kappa shape index (κ2) is 45.9. The molecular weight excluding hydrogens is 733 g/mol. The van der Waals surface area contributed by atoms with Crippen molar-refractivity contribution in [1.82, 2.24) is 0 Å². The van der Waals surface area contributed by atoms with Gasteiger partial charge in [-0.05, 0) is 31.1 Å². The lowest BCUT2D eigenvalue weighted by atomic mass is 10.0. The Morgan fingerprint density at radius 2 is 0.559 bits per heavy atom. The Balaban J connectivity index is 4.09. The van der Waals surface area contributed by atoms with E-state index in [2.05, 4.69) is 34.6 Å². The molecule has 59 heavy (non-hydrogen) atoms. The predicted octanol–water partition coefficient (Wildman–Crippen LogP) is 16.9. The third-order valence-electron chi connectivity index (χ3n) is 12.0. The normalized spacial score (nSPS) is 12.1. The van der Waals surface area contributed by atoms with Gasteiger partial charge in [0.1, 0.15) is 13.2 Å². The number of esters is 3. The van der Waals surface area contributed by atoms with E-state index in [-0.39, 0.29) is 31.1 Å². The maximum absolute atomic E-state index is 12.7. The average molecular weight is 835 g/mol. The SMILES string of the molecule is CCCCCCCC(=O)OC[C@H](COC(=O)CCCCCCCCCCCCCCCCCCC(C)C)OC(=O)CCCCCCCCCCCCCCCCC(C)C. The van der Waals surface area contributed by atoms with Crippen molar-refractivity contribution >= 4 is 17.9 Å². The van der Waals surface area contributed by atoms with Crippen LogP contribution < -0.4 is 0 Å². The summed E-state index contributed by atoms with van der Waals surface area (Å²) in [5.74, 6) is 0.836. The molecule has 0 radical (unpaired) electrons. The highest BCUT2D eigenvalue weighted by Crippen LogP contribution is 2.18. The monoisotopic (exact) mass is 835 g/mol. The van der Waals surface area contributed by atoms with E-state index in [4.69, 9.17) is 14.2 Å². The maximum Gasteiger partial charge on any atom is 0.306 e. The summed E-state index contributed by atoms with van der Waals surface area (Å²) in [6.07, 6.45) is 47.0. The standard InChI is InChI=1S/C53H102O6/c1-6-7-8-31-38-43-51(54)57-46-50(59-53(56)45-40-35-30-26-22-18-14-13-16-20-24-28-33-37-42-49(4)5)47-58-52(55)44-39-34-29-25-21-17-12-10-9-11-15-19-23-27-32-36-41-48(2)3/h48-50H,6-47H2,1-5H3/t50-/m1/s1. The Morgan fingerprint density at radius 1 is 0.322 bits per heavy atom. The molecule has 0 aromatic heterocycles. The molecule has 0 saturated heterocycles. The van der Waals surface area contributed by atoms with E-state index < -0.39 is 6.10 Å². The van der Waals surface area contributed by atoms with Crippen molar-refractivity contribution in [2.24, 2.45) is 11.8 Å². The Bertz CT molecular complexity index is 900. The first-order valence-corrected chi connectivity index (χ1v) is 26.2. The smallest absolute Gasteiger partial charge is 0.306 e. The second-order valence-electron chi connectivity index (χ2n) is 19.1. The first-order chi connectivity index (χ1) is 28.7.